The SMILES string of the molecule is CC1C2CC(OC2COP(O)C#CO)N2C=NC3C(N)=NC1(C)C32. The van der Waals surface area contributed by atoms with Crippen LogP contribution in [0.1, 0.15) is 20.3 Å². The third kappa shape index (κ3) is 2.16. The molecule has 4 aliphatic heterocycles. The minimum absolute atomic E-state index is 0.0819. The fourth-order valence-electron chi connectivity index (χ4n) is 4.64. The predicted octanol–water partition coefficient (Wildman–Crippen LogP) is 0.190. The Bertz CT molecular complexity index is 662. The number of amidine groups is 1. The Hall–Kier alpha value is -1.39. The van der Waals surface area contributed by atoms with E-state index < -0.39 is 8.38 Å². The molecule has 0 aromatic heterocycles. The van der Waals surface area contributed by atoms with Crippen molar-refractivity contribution in [3.63, 3.8) is 0 Å². The lowest BCUT2D eigenvalue weighted by Gasteiger charge is -2.42. The molecule has 2 bridgehead atoms. The Kier molecular flexibility index (Phi) is 3.73. The molecule has 130 valence electrons. The van der Waals surface area contributed by atoms with Gasteiger partial charge in [0.1, 0.15) is 24.2 Å². The van der Waals surface area contributed by atoms with Crippen LogP contribution in [-0.2, 0) is 9.26 Å². The van der Waals surface area contributed by atoms with Gasteiger partial charge in [-0.3, -0.25) is 9.98 Å². The van der Waals surface area contributed by atoms with Gasteiger partial charge in [0.2, 0.25) is 0 Å². The lowest BCUT2D eigenvalue weighted by molar-refractivity contribution is -0.0795. The molecule has 0 aromatic carbocycles. The van der Waals surface area contributed by atoms with Crippen molar-refractivity contribution in [2.24, 2.45) is 27.6 Å². The molecular weight excluding hydrogens is 331 g/mol. The third-order valence-corrected chi connectivity index (χ3v) is 6.62. The lowest BCUT2D eigenvalue weighted by atomic mass is 9.72. The summed E-state index contributed by atoms with van der Waals surface area (Å²) in [6.07, 6.45) is 4.14. The van der Waals surface area contributed by atoms with E-state index in [2.05, 4.69) is 29.4 Å². The van der Waals surface area contributed by atoms with Gasteiger partial charge >= 0.3 is 0 Å². The van der Waals surface area contributed by atoms with E-state index in [1.807, 2.05) is 6.34 Å². The molecule has 8 atom stereocenters. The normalized spacial score (nSPS) is 46.1. The topological polar surface area (TPSA) is 113 Å². The number of ether oxygens (including phenoxy) is 1. The maximum Gasteiger partial charge on any atom is 0.257 e. The zero-order valence-corrected chi connectivity index (χ0v) is 14.4. The molecule has 2 fully saturated rings. The molecule has 0 aliphatic carbocycles. The van der Waals surface area contributed by atoms with Crippen LogP contribution in [0.2, 0.25) is 0 Å². The molecule has 0 saturated carbocycles. The number of aliphatic imine (C=N–C) groups is 2. The van der Waals surface area contributed by atoms with E-state index in [4.69, 9.17) is 25.1 Å². The third-order valence-electron chi connectivity index (χ3n) is 5.94. The van der Waals surface area contributed by atoms with Crippen LogP contribution in [0.5, 0.6) is 0 Å². The van der Waals surface area contributed by atoms with E-state index in [-0.39, 0.29) is 48.4 Å². The molecule has 0 spiro atoms. The van der Waals surface area contributed by atoms with Crippen molar-refractivity contribution in [3.05, 3.63) is 0 Å². The number of aliphatic hydroxyl groups is 1. The molecule has 4 N–H and O–H groups in total. The molecule has 8 unspecified atom stereocenters. The van der Waals surface area contributed by atoms with Crippen LogP contribution in [-0.4, -0.2) is 63.6 Å². The van der Waals surface area contributed by atoms with Gasteiger partial charge in [0, 0.05) is 5.66 Å². The quantitative estimate of drug-likeness (QED) is 0.494. The number of rotatable bonds is 3. The van der Waals surface area contributed by atoms with Crippen LogP contribution in [0.3, 0.4) is 0 Å². The number of fused-ring (bicyclic) bond motifs is 3. The first-order chi connectivity index (χ1) is 11.5. The molecule has 4 rings (SSSR count). The second-order valence-corrected chi connectivity index (χ2v) is 8.00. The van der Waals surface area contributed by atoms with Gasteiger partial charge in [-0.1, -0.05) is 6.92 Å². The molecule has 8 nitrogen and oxygen atoms in total. The molecule has 24 heavy (non-hydrogen) atoms. The van der Waals surface area contributed by atoms with Gasteiger partial charge in [-0.2, -0.15) is 0 Å². The molecular formula is C15H21N4O4P. The van der Waals surface area contributed by atoms with Crippen molar-refractivity contribution in [3.8, 4) is 11.8 Å². The van der Waals surface area contributed by atoms with E-state index in [0.717, 1.165) is 6.42 Å². The summed E-state index contributed by atoms with van der Waals surface area (Å²) in [5.74, 6) is 1.06. The summed E-state index contributed by atoms with van der Waals surface area (Å²) in [6, 6.07) is 0.0276. The fraction of sp³-hybridized carbons (Fsp3) is 0.733. The predicted molar refractivity (Wildman–Crippen MR) is 88.7 cm³/mol. The van der Waals surface area contributed by atoms with Gasteiger partial charge in [-0.05, 0) is 25.2 Å². The smallest absolute Gasteiger partial charge is 0.257 e. The standard InChI is InChI=1S/C15H21N4O4P/c1-8-9-5-11(23-10(9)6-22-24(21)4-3-20)19-7-17-12-13(19)15(8,2)18-14(12)16/h7-13,20-21H,5-6H2,1-2H3,(H2,16,18). The second-order valence-electron chi connectivity index (χ2n) is 6.97. The first kappa shape index (κ1) is 16.1. The van der Waals surface area contributed by atoms with Crippen LogP contribution >= 0.6 is 8.38 Å². The highest BCUT2D eigenvalue weighted by atomic mass is 31.2. The van der Waals surface area contributed by atoms with E-state index in [1.54, 1.807) is 6.11 Å². The Balaban J connectivity index is 1.58. The molecule has 0 amide bonds. The van der Waals surface area contributed by atoms with Crippen molar-refractivity contribution < 1.29 is 19.3 Å². The number of hydrogen-bond acceptors (Lipinski definition) is 8. The van der Waals surface area contributed by atoms with Crippen LogP contribution < -0.4 is 5.73 Å². The number of nitrogens with two attached hydrogens (primary N) is 1. The Morgan fingerprint density at radius 2 is 2.42 bits per heavy atom. The molecule has 4 heterocycles. The van der Waals surface area contributed by atoms with Crippen LogP contribution in [0, 0.1) is 23.6 Å². The van der Waals surface area contributed by atoms with Crippen molar-refractivity contribution in [1.82, 2.24) is 4.90 Å². The van der Waals surface area contributed by atoms with Crippen LogP contribution in [0.4, 0.5) is 0 Å². The summed E-state index contributed by atoms with van der Waals surface area (Å²) in [5, 5.41) is 8.53. The number of aliphatic hydroxyl groups excluding tert-OH is 1. The van der Waals surface area contributed by atoms with Gasteiger partial charge < -0.3 is 29.9 Å². The van der Waals surface area contributed by atoms with Crippen molar-refractivity contribution >= 4 is 20.5 Å². The van der Waals surface area contributed by atoms with Crippen LogP contribution in [0.25, 0.3) is 0 Å². The maximum atomic E-state index is 9.60. The minimum atomic E-state index is -1.95. The number of hydrogen-bond donors (Lipinski definition) is 3. The van der Waals surface area contributed by atoms with Gasteiger partial charge in [-0.25, -0.2) is 0 Å². The summed E-state index contributed by atoms with van der Waals surface area (Å²) in [5.41, 5.74) is 8.02. The van der Waals surface area contributed by atoms with Gasteiger partial charge in [0.25, 0.3) is 8.38 Å². The summed E-state index contributed by atoms with van der Waals surface area (Å²) in [7, 11) is -1.95. The molecule has 2 saturated heterocycles. The van der Waals surface area contributed by atoms with E-state index in [0.29, 0.717) is 5.84 Å². The summed E-state index contributed by atoms with van der Waals surface area (Å²) >= 11 is 0. The average Bonchev–Trinajstić information content (AvgIpc) is 3.19. The zero-order valence-electron chi connectivity index (χ0n) is 13.5. The average molecular weight is 352 g/mol. The van der Waals surface area contributed by atoms with Gasteiger partial charge in [-0.15, -0.1) is 0 Å². The highest BCUT2D eigenvalue weighted by Gasteiger charge is 2.62. The second kappa shape index (κ2) is 5.57. The maximum absolute atomic E-state index is 9.60. The zero-order chi connectivity index (χ0) is 17.1. The Morgan fingerprint density at radius 3 is 3.17 bits per heavy atom. The molecule has 0 radical (unpaired) electrons. The van der Waals surface area contributed by atoms with Gasteiger partial charge in [0.05, 0.1) is 30.6 Å². The van der Waals surface area contributed by atoms with Crippen molar-refractivity contribution in [2.45, 2.75) is 50.2 Å². The monoisotopic (exact) mass is 352 g/mol. The first-order valence-electron chi connectivity index (χ1n) is 8.03. The van der Waals surface area contributed by atoms with Crippen molar-refractivity contribution in [2.75, 3.05) is 6.61 Å². The summed E-state index contributed by atoms with van der Waals surface area (Å²) in [4.78, 5) is 21.1. The summed E-state index contributed by atoms with van der Waals surface area (Å²) < 4.78 is 11.5. The molecule has 9 heteroatoms. The van der Waals surface area contributed by atoms with Crippen LogP contribution in [0.15, 0.2) is 9.98 Å². The molecule has 0 aromatic rings. The van der Waals surface area contributed by atoms with Gasteiger partial charge in [0.15, 0.2) is 0 Å². The highest BCUT2D eigenvalue weighted by molar-refractivity contribution is 7.51. The Morgan fingerprint density at radius 1 is 1.62 bits per heavy atom. The van der Waals surface area contributed by atoms with E-state index >= 15 is 0 Å². The fourth-order valence-corrected chi connectivity index (χ4v) is 5.07. The molecule has 4 aliphatic rings. The largest absolute Gasteiger partial charge is 0.462 e. The minimum Gasteiger partial charge on any atom is -0.462 e. The Labute approximate surface area is 141 Å². The summed E-state index contributed by atoms with van der Waals surface area (Å²) in [6.45, 7) is 4.56. The highest BCUT2D eigenvalue weighted by Crippen LogP contribution is 2.51. The van der Waals surface area contributed by atoms with Crippen molar-refractivity contribution in [1.29, 1.82) is 0 Å². The first-order valence-corrected chi connectivity index (χ1v) is 9.25. The van der Waals surface area contributed by atoms with E-state index in [9.17, 15) is 4.89 Å². The number of nitrogens with zero attached hydrogens (tertiary/aromatic N) is 3. The lowest BCUT2D eigenvalue weighted by Crippen LogP contribution is -2.56. The van der Waals surface area contributed by atoms with E-state index in [1.165, 1.54) is 0 Å².